The van der Waals surface area contributed by atoms with Gasteiger partial charge < -0.3 is 0 Å². The van der Waals surface area contributed by atoms with Crippen LogP contribution in [0.15, 0.2) is 487 Å². The van der Waals surface area contributed by atoms with Gasteiger partial charge in [-0.2, -0.15) is 0 Å². The first-order valence-corrected chi connectivity index (χ1v) is 50.2. The summed E-state index contributed by atoms with van der Waals surface area (Å²) in [6.07, 6.45) is 9.12. The maximum Gasteiger partial charge on any atom is 0.187 e. The van der Waals surface area contributed by atoms with Crippen LogP contribution in [-0.2, 0) is 6.42 Å². The predicted octanol–water partition coefficient (Wildman–Crippen LogP) is 41.0. The van der Waals surface area contributed by atoms with Gasteiger partial charge in [-0.05, 0) is 307 Å². The van der Waals surface area contributed by atoms with Crippen LogP contribution in [0.1, 0.15) is 42.0 Å². The fourth-order valence-electron chi connectivity index (χ4n) is 23.6. The number of nitrogens with zero attached hydrogens (tertiary/aromatic N) is 1. The molecule has 0 aliphatic heterocycles. The summed E-state index contributed by atoms with van der Waals surface area (Å²) in [6.45, 7) is 21.7. The SMILES string of the molecule is C=Cc1ccc(-c2ccc3c4c(ccc(-c5ccc(F)cc5F)c24)-c2c-3c(-c3ccccc3)c3ccccc3c2-c2ccccc2)cc1.C=Cc1ccc(-c2ccc3c4c(ccc(-c5cccc(CCCC)c5)c24)-c2c-3c(-c3ccccc3)c3ccccc3c2-c2ccccc2)cc1.[C-]#[N+]c1ccc(-c2ccc3c4c(ccc(-c5ccc(C=C)cc5)c24)-c2c-3c(-c3ccccc3)c3ccccc3c2-c2ccccc2)cc1. The van der Waals surface area contributed by atoms with E-state index in [1.165, 1.54) is 217 Å². The summed E-state index contributed by atoms with van der Waals surface area (Å²) in [4.78, 5) is 3.66. The van der Waals surface area contributed by atoms with Crippen LogP contribution in [0.4, 0.5) is 14.5 Å². The molecule has 1 nitrogen and oxygen atoms in total. The first kappa shape index (κ1) is 88.8. The van der Waals surface area contributed by atoms with Gasteiger partial charge in [-0.3, -0.25) is 0 Å². The van der Waals surface area contributed by atoms with Gasteiger partial charge in [0.25, 0.3) is 0 Å². The molecule has 3 aliphatic rings. The molecule has 146 heavy (non-hydrogen) atoms. The molecule has 3 aliphatic carbocycles. The molecule has 0 heterocycles. The van der Waals surface area contributed by atoms with E-state index in [0.717, 1.165) is 95.6 Å². The first-order chi connectivity index (χ1) is 72.1. The Labute approximate surface area is 849 Å². The third kappa shape index (κ3) is 15.0. The lowest BCUT2D eigenvalue weighted by Crippen LogP contribution is -1.93. The maximum absolute atomic E-state index is 15.7. The van der Waals surface area contributed by atoms with Gasteiger partial charge in [0.05, 0.1) is 6.57 Å². The Hall–Kier alpha value is -18.6. The zero-order valence-corrected chi connectivity index (χ0v) is 80.6. The monoisotopic (exact) mass is 1860 g/mol. The number of unbranched alkanes of at least 4 members (excludes halogenated alkanes) is 1. The fourth-order valence-corrected chi connectivity index (χ4v) is 23.6. The number of aryl methyl sites for hydroxylation is 1. The lowest BCUT2D eigenvalue weighted by atomic mass is 9.82. The van der Waals surface area contributed by atoms with Crippen LogP contribution in [0.5, 0.6) is 0 Å². The second-order valence-corrected chi connectivity index (χ2v) is 38.1. The molecule has 0 radical (unpaired) electrons. The molecule has 0 bridgehead atoms. The largest absolute Gasteiger partial charge is 0.238 e. The Balaban J connectivity index is 0.000000114. The quantitative estimate of drug-likeness (QED) is 0.0754. The molecule has 686 valence electrons. The lowest BCUT2D eigenvalue weighted by Gasteiger charge is -2.20. The molecule has 27 rings (SSSR count). The van der Waals surface area contributed by atoms with Crippen molar-refractivity contribution >= 4 is 88.6 Å². The highest BCUT2D eigenvalue weighted by Crippen LogP contribution is 2.65. The van der Waals surface area contributed by atoms with E-state index in [2.05, 4.69) is 438 Å². The highest BCUT2D eigenvalue weighted by atomic mass is 19.1. The van der Waals surface area contributed by atoms with E-state index in [-0.39, 0.29) is 0 Å². The fraction of sp³-hybridized carbons (Fsp3) is 0.0280. The van der Waals surface area contributed by atoms with Crippen molar-refractivity contribution < 1.29 is 8.78 Å². The Bertz CT molecular complexity index is 9170. The van der Waals surface area contributed by atoms with Gasteiger partial charge in [0.15, 0.2) is 5.69 Å². The van der Waals surface area contributed by atoms with Crippen molar-refractivity contribution in [3.8, 4) is 200 Å². The number of benzene rings is 24. The molecule has 0 fully saturated rings. The van der Waals surface area contributed by atoms with Crippen molar-refractivity contribution in [2.45, 2.75) is 26.2 Å². The van der Waals surface area contributed by atoms with Crippen LogP contribution in [0, 0.1) is 18.2 Å². The lowest BCUT2D eigenvalue weighted by molar-refractivity contribution is 0.585. The summed E-state index contributed by atoms with van der Waals surface area (Å²) < 4.78 is 29.9. The van der Waals surface area contributed by atoms with E-state index < -0.39 is 11.6 Å². The normalized spacial score (nSPS) is 11.5. The minimum atomic E-state index is -0.596. The molecule has 0 unspecified atom stereocenters. The maximum atomic E-state index is 15.7. The zero-order valence-electron chi connectivity index (χ0n) is 80.6. The Morgan fingerprint density at radius 3 is 0.712 bits per heavy atom. The van der Waals surface area contributed by atoms with Gasteiger partial charge in [-0.1, -0.05) is 500 Å². The second-order valence-electron chi connectivity index (χ2n) is 38.1. The van der Waals surface area contributed by atoms with Crippen LogP contribution >= 0.6 is 0 Å². The van der Waals surface area contributed by atoms with E-state index in [9.17, 15) is 4.39 Å². The van der Waals surface area contributed by atoms with Crippen LogP contribution < -0.4 is 0 Å². The Morgan fingerprint density at radius 2 is 0.445 bits per heavy atom. The zero-order chi connectivity index (χ0) is 98.2. The van der Waals surface area contributed by atoms with Crippen LogP contribution in [0.2, 0.25) is 0 Å². The standard InChI is InChI=1S/C50H38.C47H29N.C46H28F2/c1-3-5-15-34-16-14-21-38(32-34)40-29-31-44-48-43(30-28-39(47(40)48)35-26-24-33(4-2)25-27-35)49-45(36-17-8-6-9-18-36)41-22-12-13-23-42(41)46(50(44)49)37-19-10-7-11-20-37;1-3-30-18-20-31(21-19-30)36-26-28-40-45-41(29-27-37(44(36)45)32-22-24-35(48-2)25-23-32)47-43(34-14-8-5-9-15-34)39-17-11-10-16-38(39)42(46(40)47)33-12-6-4-7-13-33;1-2-28-17-19-29(20-18-28)33-23-25-38-44-39(26-24-37(43(33)44)34-22-21-32(47)27-40(34)48)46-42(31-13-7-4-8-14-31)36-16-10-9-15-35(36)41(45(38)46)30-11-5-3-6-12-30/h4,6-14,16-32H,2-3,5,15H2,1H3;3-29H,1H2;2-27H,1H2. The topological polar surface area (TPSA) is 4.36 Å². The predicted molar refractivity (Wildman–Crippen MR) is 618 cm³/mol. The molecule has 0 N–H and O–H groups in total. The van der Waals surface area contributed by atoms with Crippen LogP contribution in [0.25, 0.3) is 288 Å². The first-order valence-electron chi connectivity index (χ1n) is 50.2. The van der Waals surface area contributed by atoms with E-state index in [1.54, 1.807) is 6.07 Å². The second kappa shape index (κ2) is 37.4. The van der Waals surface area contributed by atoms with E-state index >= 15 is 4.39 Å². The number of fused-ring (bicyclic) bond motifs is 12. The minimum absolute atomic E-state index is 0.372. The molecule has 3 heteroatoms. The highest BCUT2D eigenvalue weighted by Gasteiger charge is 2.38. The molecule has 0 saturated heterocycles. The van der Waals surface area contributed by atoms with E-state index in [0.29, 0.717) is 11.3 Å². The van der Waals surface area contributed by atoms with E-state index in [1.807, 2.05) is 60.7 Å². The van der Waals surface area contributed by atoms with Gasteiger partial charge >= 0.3 is 0 Å². The molecule has 0 saturated carbocycles. The third-order valence-corrected chi connectivity index (χ3v) is 30.1. The van der Waals surface area contributed by atoms with Crippen LogP contribution in [-0.4, -0.2) is 0 Å². The van der Waals surface area contributed by atoms with Crippen LogP contribution in [0.3, 0.4) is 0 Å². The summed E-state index contributed by atoms with van der Waals surface area (Å²) in [5.74, 6) is -1.18. The summed E-state index contributed by atoms with van der Waals surface area (Å²) >= 11 is 0. The van der Waals surface area contributed by atoms with Crippen molar-refractivity contribution in [3.05, 3.63) is 532 Å². The smallest absolute Gasteiger partial charge is 0.187 e. The van der Waals surface area contributed by atoms with Gasteiger partial charge in [-0.25, -0.2) is 13.6 Å². The number of hydrogen-bond acceptors (Lipinski definition) is 0. The Morgan fingerprint density at radius 1 is 0.212 bits per heavy atom. The summed E-state index contributed by atoms with van der Waals surface area (Å²) in [5, 5.41) is 14.6. The van der Waals surface area contributed by atoms with Crippen molar-refractivity contribution in [3.63, 3.8) is 0 Å². The van der Waals surface area contributed by atoms with Crippen molar-refractivity contribution in [1.82, 2.24) is 0 Å². The molecule has 0 atom stereocenters. The van der Waals surface area contributed by atoms with E-state index in [4.69, 9.17) is 6.57 Å². The van der Waals surface area contributed by atoms with Crippen molar-refractivity contribution in [2.75, 3.05) is 0 Å². The van der Waals surface area contributed by atoms with Crippen molar-refractivity contribution in [2.24, 2.45) is 0 Å². The number of rotatable bonds is 18. The van der Waals surface area contributed by atoms with Gasteiger partial charge in [-0.15, -0.1) is 0 Å². The van der Waals surface area contributed by atoms with Gasteiger partial charge in [0.2, 0.25) is 0 Å². The van der Waals surface area contributed by atoms with Gasteiger partial charge in [0, 0.05) is 11.6 Å². The summed E-state index contributed by atoms with van der Waals surface area (Å²) in [7, 11) is 0. The molecule has 24 aromatic carbocycles. The molecule has 0 amide bonds. The number of halogens is 2. The number of hydrogen-bond donors (Lipinski definition) is 0. The highest BCUT2D eigenvalue weighted by molar-refractivity contribution is 6.35. The third-order valence-electron chi connectivity index (χ3n) is 30.1. The average Bonchev–Trinajstić information content (AvgIpc) is 1.53. The molecule has 0 aromatic heterocycles. The minimum Gasteiger partial charge on any atom is -0.238 e. The molecular weight excluding hydrogens is 1770 g/mol. The van der Waals surface area contributed by atoms with Crippen molar-refractivity contribution in [1.29, 1.82) is 0 Å². The average molecular weight is 1870 g/mol. The van der Waals surface area contributed by atoms with Gasteiger partial charge in [0.1, 0.15) is 11.6 Å². The molecular formula is C143H95F2N. The Kier molecular flexibility index (Phi) is 22.8. The summed E-state index contributed by atoms with van der Waals surface area (Å²) in [6, 6.07) is 166. The molecule has 0 spiro atoms. The summed E-state index contributed by atoms with van der Waals surface area (Å²) in [5.41, 5.74) is 47.6. The molecule has 24 aromatic rings.